The average molecular weight is 293 g/mol. The normalized spacial score (nSPS) is 10.2. The summed E-state index contributed by atoms with van der Waals surface area (Å²) in [6.07, 6.45) is 2.28. The molecule has 0 fully saturated rings. The SMILES string of the molecule is N#Cc1cc(C(=O)Cl)n(CCc2ccccc2Cl)c1. The Balaban J connectivity index is 2.20. The Hall–Kier alpha value is -1.76. The molecule has 0 N–H and O–H groups in total. The van der Waals surface area contributed by atoms with Crippen LogP contribution in [0, 0.1) is 11.3 Å². The zero-order chi connectivity index (χ0) is 13.8. The second-order valence-corrected chi connectivity index (χ2v) is 4.78. The van der Waals surface area contributed by atoms with E-state index in [2.05, 4.69) is 0 Å². The number of benzene rings is 1. The summed E-state index contributed by atoms with van der Waals surface area (Å²) in [7, 11) is 0. The smallest absolute Gasteiger partial charge is 0.268 e. The molecule has 0 radical (unpaired) electrons. The zero-order valence-electron chi connectivity index (χ0n) is 9.94. The van der Waals surface area contributed by atoms with Crippen LogP contribution in [0.15, 0.2) is 36.5 Å². The van der Waals surface area contributed by atoms with Crippen molar-refractivity contribution in [1.82, 2.24) is 4.57 Å². The summed E-state index contributed by atoms with van der Waals surface area (Å²) in [5.74, 6) is 0. The maximum atomic E-state index is 11.3. The van der Waals surface area contributed by atoms with E-state index in [0.717, 1.165) is 5.56 Å². The fourth-order valence-electron chi connectivity index (χ4n) is 1.86. The molecule has 1 aromatic carbocycles. The summed E-state index contributed by atoms with van der Waals surface area (Å²) in [4.78, 5) is 11.3. The lowest BCUT2D eigenvalue weighted by Gasteiger charge is -2.07. The van der Waals surface area contributed by atoms with Gasteiger partial charge in [-0.3, -0.25) is 4.79 Å². The third-order valence-electron chi connectivity index (χ3n) is 2.81. The molecule has 0 atom stereocenters. The summed E-state index contributed by atoms with van der Waals surface area (Å²) in [6, 6.07) is 11.0. The molecule has 96 valence electrons. The Morgan fingerprint density at radius 2 is 2.11 bits per heavy atom. The van der Waals surface area contributed by atoms with Crippen LogP contribution in [0.5, 0.6) is 0 Å². The van der Waals surface area contributed by atoms with Gasteiger partial charge >= 0.3 is 0 Å². The van der Waals surface area contributed by atoms with Crippen molar-refractivity contribution in [3.8, 4) is 6.07 Å². The van der Waals surface area contributed by atoms with Crippen molar-refractivity contribution in [2.75, 3.05) is 0 Å². The van der Waals surface area contributed by atoms with Crippen molar-refractivity contribution in [3.63, 3.8) is 0 Å². The molecular formula is C14H10Cl2N2O. The van der Waals surface area contributed by atoms with Gasteiger partial charge in [0.15, 0.2) is 0 Å². The monoisotopic (exact) mass is 292 g/mol. The van der Waals surface area contributed by atoms with Gasteiger partial charge in [-0.25, -0.2) is 0 Å². The molecule has 2 aromatic rings. The number of halogens is 2. The van der Waals surface area contributed by atoms with Crippen LogP contribution in [0.2, 0.25) is 5.02 Å². The van der Waals surface area contributed by atoms with Gasteiger partial charge in [0.2, 0.25) is 0 Å². The molecular weight excluding hydrogens is 283 g/mol. The number of aromatic nitrogens is 1. The van der Waals surface area contributed by atoms with Gasteiger partial charge in [0, 0.05) is 17.8 Å². The molecule has 3 nitrogen and oxygen atoms in total. The van der Waals surface area contributed by atoms with Crippen LogP contribution in [0.25, 0.3) is 0 Å². The third kappa shape index (κ3) is 3.17. The molecule has 0 saturated heterocycles. The van der Waals surface area contributed by atoms with Crippen LogP contribution >= 0.6 is 23.2 Å². The zero-order valence-corrected chi connectivity index (χ0v) is 11.4. The summed E-state index contributed by atoms with van der Waals surface area (Å²) in [5, 5.41) is 8.97. The van der Waals surface area contributed by atoms with Gasteiger partial charge in [0.25, 0.3) is 5.24 Å². The van der Waals surface area contributed by atoms with Crippen LogP contribution in [0.3, 0.4) is 0 Å². The molecule has 5 heteroatoms. The maximum absolute atomic E-state index is 11.3. The van der Waals surface area contributed by atoms with E-state index in [9.17, 15) is 4.79 Å². The molecule has 1 heterocycles. The van der Waals surface area contributed by atoms with E-state index in [0.29, 0.717) is 29.2 Å². The standard InChI is InChI=1S/C14H10Cl2N2O/c15-12-4-2-1-3-11(12)5-6-18-9-10(8-17)7-13(18)14(16)19/h1-4,7,9H,5-6H2. The lowest BCUT2D eigenvalue weighted by atomic mass is 10.1. The quantitative estimate of drug-likeness (QED) is 0.808. The van der Waals surface area contributed by atoms with Crippen molar-refractivity contribution in [2.45, 2.75) is 13.0 Å². The summed E-state index contributed by atoms with van der Waals surface area (Å²) < 4.78 is 1.68. The highest BCUT2D eigenvalue weighted by Gasteiger charge is 2.11. The van der Waals surface area contributed by atoms with Crippen LogP contribution in [-0.2, 0) is 13.0 Å². The minimum absolute atomic E-state index is 0.324. The first-order chi connectivity index (χ1) is 9.11. The Morgan fingerprint density at radius 3 is 2.74 bits per heavy atom. The summed E-state index contributed by atoms with van der Waals surface area (Å²) in [5.41, 5.74) is 1.73. The second-order valence-electron chi connectivity index (χ2n) is 4.03. The van der Waals surface area contributed by atoms with E-state index in [1.54, 1.807) is 10.8 Å². The van der Waals surface area contributed by atoms with Gasteiger partial charge in [-0.05, 0) is 35.7 Å². The predicted molar refractivity (Wildman–Crippen MR) is 74.5 cm³/mol. The fourth-order valence-corrected chi connectivity index (χ4v) is 2.26. The van der Waals surface area contributed by atoms with E-state index < -0.39 is 5.24 Å². The number of carbonyl (C=O) groups is 1. The van der Waals surface area contributed by atoms with Crippen molar-refractivity contribution in [1.29, 1.82) is 5.26 Å². The third-order valence-corrected chi connectivity index (χ3v) is 3.37. The molecule has 0 aliphatic rings. The van der Waals surface area contributed by atoms with Crippen molar-refractivity contribution < 1.29 is 4.79 Å². The average Bonchev–Trinajstić information content (AvgIpc) is 2.81. The Labute approximate surface area is 121 Å². The molecule has 0 spiro atoms. The van der Waals surface area contributed by atoms with E-state index in [1.165, 1.54) is 6.07 Å². The second kappa shape index (κ2) is 5.92. The van der Waals surface area contributed by atoms with Crippen LogP contribution < -0.4 is 0 Å². The van der Waals surface area contributed by atoms with Crippen molar-refractivity contribution >= 4 is 28.4 Å². The first-order valence-electron chi connectivity index (χ1n) is 5.65. The van der Waals surface area contributed by atoms with Crippen molar-refractivity contribution in [3.05, 3.63) is 58.4 Å². The molecule has 0 aliphatic heterocycles. The van der Waals surface area contributed by atoms with Crippen LogP contribution in [-0.4, -0.2) is 9.81 Å². The summed E-state index contributed by atoms with van der Waals surface area (Å²) >= 11 is 11.6. The first-order valence-corrected chi connectivity index (χ1v) is 6.41. The van der Waals surface area contributed by atoms with Crippen molar-refractivity contribution in [2.24, 2.45) is 0 Å². The topological polar surface area (TPSA) is 45.8 Å². The molecule has 2 rings (SSSR count). The minimum atomic E-state index is -0.569. The van der Waals surface area contributed by atoms with Gasteiger partial charge in [-0.1, -0.05) is 29.8 Å². The molecule has 1 aromatic heterocycles. The Morgan fingerprint density at radius 1 is 1.37 bits per heavy atom. The van der Waals surface area contributed by atoms with Gasteiger partial charge in [-0.2, -0.15) is 5.26 Å². The van der Waals surface area contributed by atoms with Gasteiger partial charge in [0.05, 0.1) is 5.56 Å². The van der Waals surface area contributed by atoms with E-state index in [-0.39, 0.29) is 0 Å². The van der Waals surface area contributed by atoms with Crippen LogP contribution in [0.1, 0.15) is 21.6 Å². The molecule has 0 unspecified atom stereocenters. The summed E-state index contributed by atoms with van der Waals surface area (Å²) in [6.45, 7) is 0.541. The lowest BCUT2D eigenvalue weighted by Crippen LogP contribution is -2.06. The first kappa shape index (κ1) is 13.7. The highest BCUT2D eigenvalue weighted by molar-refractivity contribution is 6.67. The molecule has 0 saturated carbocycles. The number of hydrogen-bond donors (Lipinski definition) is 0. The van der Waals surface area contributed by atoms with Crippen LogP contribution in [0.4, 0.5) is 0 Å². The lowest BCUT2D eigenvalue weighted by molar-refractivity contribution is 0.107. The van der Waals surface area contributed by atoms with Gasteiger partial charge in [0.1, 0.15) is 11.8 Å². The number of nitrogens with zero attached hydrogens (tertiary/aromatic N) is 2. The number of rotatable bonds is 4. The molecule has 0 amide bonds. The Kier molecular flexibility index (Phi) is 4.26. The Bertz CT molecular complexity index is 656. The molecule has 0 aliphatic carbocycles. The number of aryl methyl sites for hydroxylation is 2. The predicted octanol–water partition coefficient (Wildman–Crippen LogP) is 3.63. The van der Waals surface area contributed by atoms with E-state index in [4.69, 9.17) is 28.5 Å². The largest absolute Gasteiger partial charge is 0.342 e. The minimum Gasteiger partial charge on any atom is -0.342 e. The number of carbonyl (C=O) groups excluding carboxylic acids is 1. The fraction of sp³-hybridized carbons (Fsp3) is 0.143. The maximum Gasteiger partial charge on any atom is 0.268 e. The molecule has 0 bridgehead atoms. The highest BCUT2D eigenvalue weighted by atomic mass is 35.5. The van der Waals surface area contributed by atoms with E-state index in [1.807, 2.05) is 30.3 Å². The van der Waals surface area contributed by atoms with Gasteiger partial charge in [-0.15, -0.1) is 0 Å². The molecule has 19 heavy (non-hydrogen) atoms. The van der Waals surface area contributed by atoms with E-state index >= 15 is 0 Å². The van der Waals surface area contributed by atoms with Gasteiger partial charge < -0.3 is 4.57 Å². The number of hydrogen-bond acceptors (Lipinski definition) is 2. The number of nitriles is 1. The highest BCUT2D eigenvalue weighted by Crippen LogP contribution is 2.17.